The summed E-state index contributed by atoms with van der Waals surface area (Å²) < 4.78 is 5.19. The summed E-state index contributed by atoms with van der Waals surface area (Å²) in [6.07, 6.45) is 2.46. The first-order chi connectivity index (χ1) is 9.76. The highest BCUT2D eigenvalue weighted by Gasteiger charge is 2.21. The van der Waals surface area contributed by atoms with Crippen LogP contribution in [0, 0.1) is 0 Å². The highest BCUT2D eigenvalue weighted by atomic mass is 32.1. The predicted octanol–water partition coefficient (Wildman–Crippen LogP) is 3.63. The lowest BCUT2D eigenvalue weighted by atomic mass is 9.98. The first-order valence-corrected chi connectivity index (χ1v) is 7.92. The molecule has 0 aliphatic carbocycles. The van der Waals surface area contributed by atoms with Crippen molar-refractivity contribution < 1.29 is 4.74 Å². The average molecular weight is 288 g/mol. The van der Waals surface area contributed by atoms with Gasteiger partial charge in [0.15, 0.2) is 0 Å². The van der Waals surface area contributed by atoms with E-state index in [1.54, 1.807) is 18.4 Å². The number of hydrogen-bond acceptors (Lipinski definition) is 4. The summed E-state index contributed by atoms with van der Waals surface area (Å²) in [4.78, 5) is 7.24. The fraction of sp³-hybridized carbons (Fsp3) is 0.438. The molecule has 0 radical (unpaired) electrons. The highest BCUT2D eigenvalue weighted by molar-refractivity contribution is 7.10. The van der Waals surface area contributed by atoms with Crippen LogP contribution in [0.15, 0.2) is 29.6 Å². The van der Waals surface area contributed by atoms with E-state index < -0.39 is 0 Å². The van der Waals surface area contributed by atoms with E-state index in [0.717, 1.165) is 11.4 Å². The summed E-state index contributed by atoms with van der Waals surface area (Å²) in [5.41, 5.74) is 2.26. The van der Waals surface area contributed by atoms with Crippen LogP contribution in [0.5, 0.6) is 5.75 Å². The van der Waals surface area contributed by atoms with Gasteiger partial charge in [0.2, 0.25) is 0 Å². The minimum atomic E-state index is 0.642. The third-order valence-electron chi connectivity index (χ3n) is 3.98. The molecule has 0 N–H and O–H groups in total. The fourth-order valence-corrected chi connectivity index (χ4v) is 3.63. The van der Waals surface area contributed by atoms with Crippen LogP contribution in [0.4, 0.5) is 0 Å². The van der Waals surface area contributed by atoms with Gasteiger partial charge < -0.3 is 9.64 Å². The number of thiazole rings is 1. The van der Waals surface area contributed by atoms with E-state index in [1.165, 1.54) is 36.5 Å². The molecule has 1 aromatic heterocycles. The Morgan fingerprint density at radius 2 is 1.90 bits per heavy atom. The van der Waals surface area contributed by atoms with Crippen molar-refractivity contribution in [1.29, 1.82) is 0 Å². The van der Waals surface area contributed by atoms with Gasteiger partial charge in [-0.1, -0.05) is 0 Å². The van der Waals surface area contributed by atoms with E-state index in [0.29, 0.717) is 5.92 Å². The molecule has 2 heterocycles. The van der Waals surface area contributed by atoms with Gasteiger partial charge >= 0.3 is 0 Å². The van der Waals surface area contributed by atoms with Gasteiger partial charge in [0.05, 0.1) is 17.8 Å². The number of nitrogens with zero attached hydrogens (tertiary/aromatic N) is 2. The van der Waals surface area contributed by atoms with Crippen molar-refractivity contribution >= 4 is 11.3 Å². The summed E-state index contributed by atoms with van der Waals surface area (Å²) in [5.74, 6) is 1.53. The third-order valence-corrected chi connectivity index (χ3v) is 4.98. The number of piperidine rings is 1. The molecule has 1 aliphatic rings. The Morgan fingerprint density at radius 3 is 2.55 bits per heavy atom. The molecule has 1 aliphatic heterocycles. The normalized spacial score (nSPS) is 17.3. The molecule has 0 bridgehead atoms. The smallest absolute Gasteiger partial charge is 0.118 e. The van der Waals surface area contributed by atoms with Gasteiger partial charge in [-0.15, -0.1) is 11.3 Å². The van der Waals surface area contributed by atoms with Crippen LogP contribution in [0.2, 0.25) is 0 Å². The maximum atomic E-state index is 5.19. The van der Waals surface area contributed by atoms with Crippen LogP contribution in [-0.2, 0) is 0 Å². The molecule has 0 unspecified atom stereocenters. The van der Waals surface area contributed by atoms with Crippen LogP contribution < -0.4 is 4.74 Å². The standard InChI is InChI=1S/C16H20N2OS/c1-18-9-7-13(8-10-18)16-17-15(11-20-16)12-3-5-14(19-2)6-4-12/h3-6,11,13H,7-10H2,1-2H3. The molecule has 106 valence electrons. The Labute approximate surface area is 124 Å². The Bertz CT molecular complexity index is 556. The number of aromatic nitrogens is 1. The van der Waals surface area contributed by atoms with E-state index in [4.69, 9.17) is 9.72 Å². The third kappa shape index (κ3) is 2.86. The number of ether oxygens (including phenoxy) is 1. The molecule has 4 heteroatoms. The lowest BCUT2D eigenvalue weighted by Gasteiger charge is -2.27. The second-order valence-corrected chi connectivity index (χ2v) is 6.27. The molecule has 20 heavy (non-hydrogen) atoms. The molecular formula is C16H20N2OS. The maximum absolute atomic E-state index is 5.19. The van der Waals surface area contributed by atoms with Crippen molar-refractivity contribution in [3.05, 3.63) is 34.7 Å². The molecule has 1 aromatic carbocycles. The van der Waals surface area contributed by atoms with Crippen molar-refractivity contribution in [2.24, 2.45) is 0 Å². The second-order valence-electron chi connectivity index (χ2n) is 5.38. The first kappa shape index (κ1) is 13.6. The molecule has 3 rings (SSSR count). The number of methoxy groups -OCH3 is 1. The fourth-order valence-electron chi connectivity index (χ4n) is 2.63. The number of likely N-dealkylation sites (tertiary alicyclic amines) is 1. The quantitative estimate of drug-likeness (QED) is 0.862. The van der Waals surface area contributed by atoms with E-state index >= 15 is 0 Å². The second kappa shape index (κ2) is 5.94. The van der Waals surface area contributed by atoms with E-state index in [-0.39, 0.29) is 0 Å². The van der Waals surface area contributed by atoms with Gasteiger partial charge in [-0.05, 0) is 57.2 Å². The van der Waals surface area contributed by atoms with Crippen LogP contribution in [0.25, 0.3) is 11.3 Å². The van der Waals surface area contributed by atoms with Crippen molar-refractivity contribution in [2.45, 2.75) is 18.8 Å². The van der Waals surface area contributed by atoms with Gasteiger partial charge in [0.25, 0.3) is 0 Å². The van der Waals surface area contributed by atoms with Crippen molar-refractivity contribution in [1.82, 2.24) is 9.88 Å². The SMILES string of the molecule is COc1ccc(-c2csc(C3CCN(C)CC3)n2)cc1. The topological polar surface area (TPSA) is 25.4 Å². The number of rotatable bonds is 3. The molecular weight excluding hydrogens is 268 g/mol. The lowest BCUT2D eigenvalue weighted by Crippen LogP contribution is -2.29. The van der Waals surface area contributed by atoms with Gasteiger partial charge in [0.1, 0.15) is 5.75 Å². The summed E-state index contributed by atoms with van der Waals surface area (Å²) >= 11 is 1.80. The molecule has 2 aromatic rings. The van der Waals surface area contributed by atoms with E-state index in [1.807, 2.05) is 12.1 Å². The Morgan fingerprint density at radius 1 is 1.20 bits per heavy atom. The monoisotopic (exact) mass is 288 g/mol. The van der Waals surface area contributed by atoms with Crippen molar-refractivity contribution in [3.8, 4) is 17.0 Å². The summed E-state index contributed by atoms with van der Waals surface area (Å²) in [6, 6.07) is 8.13. The van der Waals surface area contributed by atoms with E-state index in [2.05, 4.69) is 29.5 Å². The van der Waals surface area contributed by atoms with Crippen molar-refractivity contribution in [3.63, 3.8) is 0 Å². The molecule has 0 spiro atoms. The highest BCUT2D eigenvalue weighted by Crippen LogP contribution is 2.32. The van der Waals surface area contributed by atoms with Gasteiger partial charge in [-0.2, -0.15) is 0 Å². The van der Waals surface area contributed by atoms with E-state index in [9.17, 15) is 0 Å². The minimum Gasteiger partial charge on any atom is -0.497 e. The lowest BCUT2D eigenvalue weighted by molar-refractivity contribution is 0.255. The molecule has 0 atom stereocenters. The molecule has 1 fully saturated rings. The number of benzene rings is 1. The van der Waals surface area contributed by atoms with Crippen LogP contribution in [-0.4, -0.2) is 37.1 Å². The predicted molar refractivity (Wildman–Crippen MR) is 83.6 cm³/mol. The Kier molecular flexibility index (Phi) is 4.03. The molecule has 1 saturated heterocycles. The van der Waals surface area contributed by atoms with Crippen molar-refractivity contribution in [2.75, 3.05) is 27.2 Å². The van der Waals surface area contributed by atoms with Crippen LogP contribution >= 0.6 is 11.3 Å². The zero-order valence-electron chi connectivity index (χ0n) is 12.0. The number of hydrogen-bond donors (Lipinski definition) is 0. The van der Waals surface area contributed by atoms with Gasteiger partial charge in [-0.25, -0.2) is 4.98 Å². The van der Waals surface area contributed by atoms with Crippen LogP contribution in [0.3, 0.4) is 0 Å². The largest absolute Gasteiger partial charge is 0.497 e. The molecule has 0 saturated carbocycles. The maximum Gasteiger partial charge on any atom is 0.118 e. The Hall–Kier alpha value is -1.39. The Balaban J connectivity index is 1.75. The average Bonchev–Trinajstić information content (AvgIpc) is 2.98. The first-order valence-electron chi connectivity index (χ1n) is 7.04. The van der Waals surface area contributed by atoms with Gasteiger partial charge in [-0.3, -0.25) is 0 Å². The van der Waals surface area contributed by atoms with Gasteiger partial charge in [0, 0.05) is 16.9 Å². The molecule has 0 amide bonds. The zero-order valence-corrected chi connectivity index (χ0v) is 12.8. The summed E-state index contributed by atoms with van der Waals surface area (Å²) in [5, 5.41) is 3.47. The zero-order chi connectivity index (χ0) is 13.9. The molecule has 3 nitrogen and oxygen atoms in total. The minimum absolute atomic E-state index is 0.642. The van der Waals surface area contributed by atoms with Crippen LogP contribution in [0.1, 0.15) is 23.8 Å². The summed E-state index contributed by atoms with van der Waals surface area (Å²) in [7, 11) is 3.89. The summed E-state index contributed by atoms with van der Waals surface area (Å²) in [6.45, 7) is 2.37.